The first-order chi connectivity index (χ1) is 13.1. The Bertz CT molecular complexity index is 919. The van der Waals surface area contributed by atoms with Crippen molar-refractivity contribution in [2.24, 2.45) is 0 Å². The van der Waals surface area contributed by atoms with E-state index in [2.05, 4.69) is 39.8 Å². The van der Waals surface area contributed by atoms with Crippen molar-refractivity contribution in [3.05, 3.63) is 53.9 Å². The van der Waals surface area contributed by atoms with Gasteiger partial charge in [-0.1, -0.05) is 36.3 Å². The zero-order valence-electron chi connectivity index (χ0n) is 15.6. The normalized spacial score (nSPS) is 10.5. The number of aromatic nitrogens is 2. The molecule has 1 amide bonds. The number of anilines is 2. The lowest BCUT2D eigenvalue weighted by Gasteiger charge is -2.12. The molecule has 0 aliphatic carbocycles. The van der Waals surface area contributed by atoms with E-state index in [1.54, 1.807) is 25.3 Å². The number of amides is 1. The Morgan fingerprint density at radius 1 is 1.19 bits per heavy atom. The Hall–Kier alpha value is -3.35. The van der Waals surface area contributed by atoms with E-state index in [-0.39, 0.29) is 5.91 Å². The molecule has 0 fully saturated rings. The molecule has 0 unspecified atom stereocenters. The molecule has 0 aliphatic heterocycles. The van der Waals surface area contributed by atoms with Gasteiger partial charge >= 0.3 is 0 Å². The van der Waals surface area contributed by atoms with Crippen LogP contribution in [0, 0.1) is 0 Å². The highest BCUT2D eigenvalue weighted by Gasteiger charge is 2.11. The molecule has 7 heteroatoms. The average Bonchev–Trinajstić information content (AvgIpc) is 3.15. The lowest BCUT2D eigenvalue weighted by molar-refractivity contribution is -0.114. The summed E-state index contributed by atoms with van der Waals surface area (Å²) in [5.74, 6) is 1.52. The summed E-state index contributed by atoms with van der Waals surface area (Å²) in [6.07, 6.45) is 0.987. The van der Waals surface area contributed by atoms with Gasteiger partial charge in [-0.3, -0.25) is 4.79 Å². The van der Waals surface area contributed by atoms with E-state index in [4.69, 9.17) is 9.26 Å². The summed E-state index contributed by atoms with van der Waals surface area (Å²) in [5.41, 5.74) is 3.56. The molecule has 7 nitrogen and oxygen atoms in total. The SMILES string of the molecule is CCc1ccc(-c2noc(CNc3cc(NC(C)=O)ccc3OC)n2)cc1. The zero-order chi connectivity index (χ0) is 19.2. The largest absolute Gasteiger partial charge is 0.495 e. The van der Waals surface area contributed by atoms with E-state index >= 15 is 0 Å². The molecule has 0 aliphatic rings. The topological polar surface area (TPSA) is 89.3 Å². The van der Waals surface area contributed by atoms with E-state index in [0.29, 0.717) is 29.7 Å². The van der Waals surface area contributed by atoms with Gasteiger partial charge in [-0.05, 0) is 30.2 Å². The molecule has 2 N–H and O–H groups in total. The van der Waals surface area contributed by atoms with Crippen LogP contribution in [0.1, 0.15) is 25.3 Å². The molecule has 0 bridgehead atoms. The average molecular weight is 366 g/mol. The first kappa shape index (κ1) is 18.4. The van der Waals surface area contributed by atoms with Crippen LogP contribution in [0.2, 0.25) is 0 Å². The van der Waals surface area contributed by atoms with Gasteiger partial charge in [0.25, 0.3) is 0 Å². The minimum Gasteiger partial charge on any atom is -0.495 e. The standard InChI is InChI=1S/C20H22N4O3/c1-4-14-5-7-15(8-6-14)20-23-19(27-24-20)12-21-17-11-16(22-13(2)25)9-10-18(17)26-3/h5-11,21H,4,12H2,1-3H3,(H,22,25). The molecule has 0 saturated carbocycles. The number of carbonyl (C=O) groups excluding carboxylic acids is 1. The number of hydrogen-bond acceptors (Lipinski definition) is 6. The summed E-state index contributed by atoms with van der Waals surface area (Å²) in [6, 6.07) is 13.4. The third-order valence-corrected chi connectivity index (χ3v) is 4.04. The van der Waals surface area contributed by atoms with Crippen LogP contribution in [0.3, 0.4) is 0 Å². The summed E-state index contributed by atoms with van der Waals surface area (Å²) in [7, 11) is 1.59. The Kier molecular flexibility index (Phi) is 5.71. The second kappa shape index (κ2) is 8.35. The maximum atomic E-state index is 11.2. The number of nitrogens with zero attached hydrogens (tertiary/aromatic N) is 2. The van der Waals surface area contributed by atoms with Crippen molar-refractivity contribution in [3.63, 3.8) is 0 Å². The molecule has 27 heavy (non-hydrogen) atoms. The second-order valence-electron chi connectivity index (χ2n) is 6.01. The molecule has 3 aromatic rings. The summed E-state index contributed by atoms with van der Waals surface area (Å²) in [5, 5.41) is 9.99. The Labute approximate surface area is 157 Å². The molecule has 0 saturated heterocycles. The van der Waals surface area contributed by atoms with Crippen LogP contribution < -0.4 is 15.4 Å². The quantitative estimate of drug-likeness (QED) is 0.660. The third-order valence-electron chi connectivity index (χ3n) is 4.04. The maximum Gasteiger partial charge on any atom is 0.246 e. The lowest BCUT2D eigenvalue weighted by atomic mass is 10.1. The van der Waals surface area contributed by atoms with Gasteiger partial charge in [-0.2, -0.15) is 4.98 Å². The molecule has 0 radical (unpaired) electrons. The van der Waals surface area contributed by atoms with Crippen LogP contribution >= 0.6 is 0 Å². The number of methoxy groups -OCH3 is 1. The Morgan fingerprint density at radius 2 is 1.96 bits per heavy atom. The first-order valence-electron chi connectivity index (χ1n) is 8.70. The fourth-order valence-electron chi connectivity index (χ4n) is 2.63. The first-order valence-corrected chi connectivity index (χ1v) is 8.70. The zero-order valence-corrected chi connectivity index (χ0v) is 15.6. The van der Waals surface area contributed by atoms with Gasteiger partial charge in [-0.15, -0.1) is 0 Å². The van der Waals surface area contributed by atoms with E-state index < -0.39 is 0 Å². The number of benzene rings is 2. The Morgan fingerprint density at radius 3 is 2.63 bits per heavy atom. The highest BCUT2D eigenvalue weighted by atomic mass is 16.5. The van der Waals surface area contributed by atoms with E-state index in [9.17, 15) is 4.79 Å². The molecule has 0 atom stereocenters. The van der Waals surface area contributed by atoms with Crippen molar-refractivity contribution in [2.75, 3.05) is 17.7 Å². The minimum atomic E-state index is -0.137. The van der Waals surface area contributed by atoms with Crippen LogP contribution in [0.5, 0.6) is 5.75 Å². The van der Waals surface area contributed by atoms with Crippen molar-refractivity contribution in [1.82, 2.24) is 10.1 Å². The Balaban J connectivity index is 1.71. The van der Waals surface area contributed by atoms with Crippen LogP contribution in [-0.2, 0) is 17.8 Å². The number of ether oxygens (including phenoxy) is 1. The van der Waals surface area contributed by atoms with Gasteiger partial charge in [0, 0.05) is 18.2 Å². The van der Waals surface area contributed by atoms with Crippen molar-refractivity contribution in [2.45, 2.75) is 26.8 Å². The summed E-state index contributed by atoms with van der Waals surface area (Å²) in [6.45, 7) is 3.91. The molecule has 1 aromatic heterocycles. The van der Waals surface area contributed by atoms with Gasteiger partial charge in [0.15, 0.2) is 0 Å². The predicted octanol–water partition coefficient (Wildman–Crippen LogP) is 3.88. The number of rotatable bonds is 7. The molecular formula is C20H22N4O3. The highest BCUT2D eigenvalue weighted by Crippen LogP contribution is 2.28. The van der Waals surface area contributed by atoms with Gasteiger partial charge < -0.3 is 19.9 Å². The summed E-state index contributed by atoms with van der Waals surface area (Å²) >= 11 is 0. The van der Waals surface area contributed by atoms with Crippen molar-refractivity contribution < 1.29 is 14.1 Å². The van der Waals surface area contributed by atoms with Crippen LogP contribution in [0.15, 0.2) is 47.0 Å². The van der Waals surface area contributed by atoms with Crippen molar-refractivity contribution >= 4 is 17.3 Å². The molecule has 3 rings (SSSR count). The van der Waals surface area contributed by atoms with Crippen molar-refractivity contribution in [1.29, 1.82) is 0 Å². The van der Waals surface area contributed by atoms with Gasteiger partial charge in [0.1, 0.15) is 5.75 Å². The second-order valence-corrected chi connectivity index (χ2v) is 6.01. The highest BCUT2D eigenvalue weighted by molar-refractivity contribution is 5.89. The number of hydrogen-bond donors (Lipinski definition) is 2. The lowest BCUT2D eigenvalue weighted by Crippen LogP contribution is -2.07. The van der Waals surface area contributed by atoms with Crippen LogP contribution in [0.4, 0.5) is 11.4 Å². The van der Waals surface area contributed by atoms with Crippen LogP contribution in [0.25, 0.3) is 11.4 Å². The monoisotopic (exact) mass is 366 g/mol. The number of carbonyl (C=O) groups is 1. The summed E-state index contributed by atoms with van der Waals surface area (Å²) < 4.78 is 10.7. The van der Waals surface area contributed by atoms with Crippen molar-refractivity contribution in [3.8, 4) is 17.1 Å². The fraction of sp³-hybridized carbons (Fsp3) is 0.250. The van der Waals surface area contributed by atoms with Gasteiger partial charge in [-0.25, -0.2) is 0 Å². The van der Waals surface area contributed by atoms with Gasteiger partial charge in [0.2, 0.25) is 17.6 Å². The minimum absolute atomic E-state index is 0.137. The summed E-state index contributed by atoms with van der Waals surface area (Å²) in [4.78, 5) is 15.7. The molecule has 0 spiro atoms. The smallest absolute Gasteiger partial charge is 0.246 e. The number of aryl methyl sites for hydroxylation is 1. The molecule has 140 valence electrons. The predicted molar refractivity (Wildman–Crippen MR) is 104 cm³/mol. The van der Waals surface area contributed by atoms with E-state index in [1.807, 2.05) is 12.1 Å². The van der Waals surface area contributed by atoms with Crippen LogP contribution in [-0.4, -0.2) is 23.2 Å². The molecule has 2 aromatic carbocycles. The maximum absolute atomic E-state index is 11.2. The third kappa shape index (κ3) is 4.63. The van der Waals surface area contributed by atoms with Gasteiger partial charge in [0.05, 0.1) is 19.3 Å². The fourth-order valence-corrected chi connectivity index (χ4v) is 2.63. The number of nitrogens with one attached hydrogen (secondary N) is 2. The van der Waals surface area contributed by atoms with E-state index in [0.717, 1.165) is 17.7 Å². The molecule has 1 heterocycles. The molecular weight excluding hydrogens is 344 g/mol. The van der Waals surface area contributed by atoms with E-state index in [1.165, 1.54) is 12.5 Å².